The highest BCUT2D eigenvalue weighted by Gasteiger charge is 2.22. The van der Waals surface area contributed by atoms with Crippen LogP contribution in [0, 0.1) is 0 Å². The number of pyridine rings is 1. The summed E-state index contributed by atoms with van der Waals surface area (Å²) in [6.45, 7) is 3.30. The van der Waals surface area contributed by atoms with E-state index in [0.29, 0.717) is 5.69 Å². The van der Waals surface area contributed by atoms with E-state index >= 15 is 0 Å². The third kappa shape index (κ3) is 2.69. The summed E-state index contributed by atoms with van der Waals surface area (Å²) in [6, 6.07) is 1.72. The second-order valence-corrected chi connectivity index (χ2v) is 6.86. The topological polar surface area (TPSA) is 50.3 Å². The van der Waals surface area contributed by atoms with Gasteiger partial charge in [-0.15, -0.1) is 0 Å². The second-order valence-electron chi connectivity index (χ2n) is 3.42. The summed E-state index contributed by atoms with van der Waals surface area (Å²) in [5, 5.41) is -0.443. The number of rotatable bonds is 3. The summed E-state index contributed by atoms with van der Waals surface area (Å²) in [7, 11) is -1.75. The summed E-state index contributed by atoms with van der Waals surface area (Å²) in [5.74, 6) is 0. The molecule has 0 spiro atoms. The molecule has 0 unspecified atom stereocenters. The molecule has 0 bridgehead atoms. The van der Waals surface area contributed by atoms with Crippen molar-refractivity contribution in [2.45, 2.75) is 19.1 Å². The van der Waals surface area contributed by atoms with Crippen molar-refractivity contribution in [2.75, 3.05) is 11.4 Å². The van der Waals surface area contributed by atoms with Crippen molar-refractivity contribution in [1.82, 2.24) is 4.98 Å². The van der Waals surface area contributed by atoms with E-state index in [1.54, 1.807) is 26.1 Å². The molecule has 0 atom stereocenters. The van der Waals surface area contributed by atoms with Crippen LogP contribution in [0.25, 0.3) is 0 Å². The van der Waals surface area contributed by atoms with Crippen molar-refractivity contribution >= 4 is 31.6 Å². The maximum absolute atomic E-state index is 11.8. The van der Waals surface area contributed by atoms with Crippen LogP contribution in [0.3, 0.4) is 0 Å². The number of hydrogen-bond donors (Lipinski definition) is 0. The quantitative estimate of drug-likeness (QED) is 0.856. The van der Waals surface area contributed by atoms with Crippen molar-refractivity contribution < 1.29 is 8.42 Å². The van der Waals surface area contributed by atoms with Gasteiger partial charge in [-0.05, 0) is 35.8 Å². The van der Waals surface area contributed by atoms with E-state index in [9.17, 15) is 8.42 Å². The van der Waals surface area contributed by atoms with Gasteiger partial charge >= 0.3 is 0 Å². The number of sulfonamides is 1. The minimum Gasteiger partial charge on any atom is -0.271 e. The third-order valence-electron chi connectivity index (χ3n) is 2.03. The van der Waals surface area contributed by atoms with E-state index in [4.69, 9.17) is 0 Å². The molecule has 0 aliphatic rings. The molecule has 1 rings (SSSR count). The maximum atomic E-state index is 11.8. The van der Waals surface area contributed by atoms with Gasteiger partial charge in [-0.25, -0.2) is 8.42 Å². The van der Waals surface area contributed by atoms with Gasteiger partial charge in [0.15, 0.2) is 0 Å². The summed E-state index contributed by atoms with van der Waals surface area (Å²) in [5.41, 5.74) is 0.554. The predicted molar refractivity (Wildman–Crippen MR) is 64.4 cm³/mol. The van der Waals surface area contributed by atoms with Gasteiger partial charge in [0.2, 0.25) is 10.0 Å². The van der Waals surface area contributed by atoms with Crippen LogP contribution in [-0.2, 0) is 10.0 Å². The molecule has 0 amide bonds. The molecule has 0 radical (unpaired) electrons. The first-order valence-corrected chi connectivity index (χ1v) is 6.73. The molecule has 0 N–H and O–H groups in total. The lowest BCUT2D eigenvalue weighted by molar-refractivity contribution is 0.585. The van der Waals surface area contributed by atoms with E-state index in [-0.39, 0.29) is 0 Å². The Balaban J connectivity index is 3.10. The molecule has 4 nitrogen and oxygen atoms in total. The second kappa shape index (κ2) is 4.49. The van der Waals surface area contributed by atoms with Crippen molar-refractivity contribution in [3.63, 3.8) is 0 Å². The van der Waals surface area contributed by atoms with Gasteiger partial charge in [-0.2, -0.15) is 0 Å². The number of aromatic nitrogens is 1. The fourth-order valence-electron chi connectivity index (χ4n) is 1.04. The Kier molecular flexibility index (Phi) is 3.72. The van der Waals surface area contributed by atoms with Crippen LogP contribution in [0.15, 0.2) is 22.9 Å². The molecule has 1 heterocycles. The molecule has 0 fully saturated rings. The summed E-state index contributed by atoms with van der Waals surface area (Å²) in [4.78, 5) is 3.93. The molecule has 1 aromatic heterocycles. The normalized spacial score (nSPS) is 11.8. The Morgan fingerprint density at radius 1 is 1.40 bits per heavy atom. The molecular weight excluding hydrogens is 280 g/mol. The first-order chi connectivity index (χ1) is 6.85. The molecule has 0 saturated carbocycles. The Morgan fingerprint density at radius 2 is 2.00 bits per heavy atom. The Hall–Kier alpha value is -0.620. The Labute approximate surface area is 98.5 Å². The van der Waals surface area contributed by atoms with Crippen LogP contribution in [0.5, 0.6) is 0 Å². The van der Waals surface area contributed by atoms with Gasteiger partial charge < -0.3 is 0 Å². The zero-order valence-corrected chi connectivity index (χ0v) is 11.2. The van der Waals surface area contributed by atoms with Crippen molar-refractivity contribution in [1.29, 1.82) is 0 Å². The third-order valence-corrected chi connectivity index (χ3v) is 4.63. The smallest absolute Gasteiger partial charge is 0.237 e. The van der Waals surface area contributed by atoms with Crippen LogP contribution in [-0.4, -0.2) is 25.7 Å². The number of halogens is 1. The number of hydrogen-bond acceptors (Lipinski definition) is 3. The average molecular weight is 293 g/mol. The maximum Gasteiger partial charge on any atom is 0.237 e. The average Bonchev–Trinajstić information content (AvgIpc) is 2.16. The number of nitrogens with zero attached hydrogens (tertiary/aromatic N) is 2. The van der Waals surface area contributed by atoms with Gasteiger partial charge in [0.05, 0.1) is 17.1 Å². The highest BCUT2D eigenvalue weighted by Crippen LogP contribution is 2.21. The molecule has 0 aliphatic carbocycles. The van der Waals surface area contributed by atoms with Crippen molar-refractivity contribution in [2.24, 2.45) is 0 Å². The summed E-state index contributed by atoms with van der Waals surface area (Å²) in [6.07, 6.45) is 3.13. The highest BCUT2D eigenvalue weighted by atomic mass is 79.9. The first kappa shape index (κ1) is 12.4. The minimum absolute atomic E-state index is 0.443. The van der Waals surface area contributed by atoms with Crippen LogP contribution in [0.4, 0.5) is 5.69 Å². The predicted octanol–water partition coefficient (Wildman–Crippen LogP) is 2.02. The molecule has 15 heavy (non-hydrogen) atoms. The fourth-order valence-corrected chi connectivity index (χ4v) is 2.41. The molecule has 0 aromatic carbocycles. The Morgan fingerprint density at radius 3 is 2.47 bits per heavy atom. The first-order valence-electron chi connectivity index (χ1n) is 4.44. The van der Waals surface area contributed by atoms with E-state index in [2.05, 4.69) is 20.9 Å². The molecule has 6 heteroatoms. The van der Waals surface area contributed by atoms with Gasteiger partial charge in [-0.3, -0.25) is 9.29 Å². The van der Waals surface area contributed by atoms with Crippen molar-refractivity contribution in [3.8, 4) is 0 Å². The van der Waals surface area contributed by atoms with Gasteiger partial charge in [0.1, 0.15) is 0 Å². The van der Waals surface area contributed by atoms with Gasteiger partial charge in [-0.1, -0.05) is 0 Å². The zero-order chi connectivity index (χ0) is 11.6. The lowest BCUT2D eigenvalue weighted by Crippen LogP contribution is -2.33. The lowest BCUT2D eigenvalue weighted by Gasteiger charge is -2.21. The van der Waals surface area contributed by atoms with Crippen LogP contribution >= 0.6 is 15.9 Å². The van der Waals surface area contributed by atoms with Gasteiger partial charge in [0, 0.05) is 17.7 Å². The largest absolute Gasteiger partial charge is 0.271 e. The van der Waals surface area contributed by atoms with Crippen LogP contribution in [0.1, 0.15) is 13.8 Å². The fraction of sp³-hybridized carbons (Fsp3) is 0.444. The van der Waals surface area contributed by atoms with Crippen molar-refractivity contribution in [3.05, 3.63) is 22.9 Å². The minimum atomic E-state index is -3.27. The summed E-state index contributed by atoms with van der Waals surface area (Å²) >= 11 is 3.25. The molecule has 0 saturated heterocycles. The summed E-state index contributed by atoms with van der Waals surface area (Å²) < 4.78 is 25.7. The van der Waals surface area contributed by atoms with E-state index < -0.39 is 15.3 Å². The van der Waals surface area contributed by atoms with Gasteiger partial charge in [0.25, 0.3) is 0 Å². The molecule has 0 aliphatic heterocycles. The zero-order valence-electron chi connectivity index (χ0n) is 8.81. The standard InChI is InChI=1S/C9H13BrN2O2S/c1-7(2)15(13,14)12(3)9-4-8(10)5-11-6-9/h4-7H,1-3H3. The molecule has 84 valence electrons. The van der Waals surface area contributed by atoms with Crippen LogP contribution < -0.4 is 4.31 Å². The SMILES string of the molecule is CC(C)S(=O)(=O)N(C)c1cncc(Br)c1. The molecular formula is C9H13BrN2O2S. The monoisotopic (exact) mass is 292 g/mol. The Bertz CT molecular complexity index is 445. The van der Waals surface area contributed by atoms with E-state index in [0.717, 1.165) is 4.47 Å². The van der Waals surface area contributed by atoms with E-state index in [1.165, 1.54) is 17.5 Å². The lowest BCUT2D eigenvalue weighted by atomic mass is 10.4. The highest BCUT2D eigenvalue weighted by molar-refractivity contribution is 9.10. The van der Waals surface area contributed by atoms with E-state index in [1.807, 2.05) is 0 Å². The van der Waals surface area contributed by atoms with Crippen LogP contribution in [0.2, 0.25) is 0 Å². The number of anilines is 1. The molecule has 1 aromatic rings.